The predicted molar refractivity (Wildman–Crippen MR) is 88.4 cm³/mol. The third-order valence-corrected chi connectivity index (χ3v) is 6.23. The fraction of sp³-hybridized carbons (Fsp3) is 0.571. The number of amides is 1. The lowest BCUT2D eigenvalue weighted by Gasteiger charge is -2.15. The van der Waals surface area contributed by atoms with Crippen molar-refractivity contribution in [2.24, 2.45) is 0 Å². The van der Waals surface area contributed by atoms with E-state index in [1.165, 1.54) is 28.3 Å². The van der Waals surface area contributed by atoms with Crippen molar-refractivity contribution in [3.8, 4) is 0 Å². The Morgan fingerprint density at radius 3 is 2.58 bits per heavy atom. The lowest BCUT2D eigenvalue weighted by atomic mass is 10.4. The van der Waals surface area contributed by atoms with Crippen LogP contribution in [0.3, 0.4) is 0 Å². The normalized spacial score (nSPS) is 15.8. The maximum absolute atomic E-state index is 12.4. The number of alkyl halides is 3. The molecule has 0 aromatic carbocycles. The zero-order valence-electron chi connectivity index (χ0n) is 13.7. The number of pyridine rings is 1. The third kappa shape index (κ3) is 6.32. The van der Waals surface area contributed by atoms with Crippen LogP contribution in [0.15, 0.2) is 28.3 Å². The van der Waals surface area contributed by atoms with E-state index in [9.17, 15) is 26.4 Å². The summed E-state index contributed by atoms with van der Waals surface area (Å²) < 4.78 is 65.7. The van der Waals surface area contributed by atoms with Crippen LogP contribution in [0.25, 0.3) is 0 Å². The van der Waals surface area contributed by atoms with Crippen molar-refractivity contribution < 1.29 is 31.1 Å². The molecule has 1 aromatic rings. The number of rotatable bonds is 7. The number of aromatic nitrogens is 1. The second-order valence-corrected chi connectivity index (χ2v) is 8.46. The lowest BCUT2D eigenvalue weighted by molar-refractivity contribution is -0.160. The topological polar surface area (TPSA) is 88.6 Å². The molecule has 0 saturated carbocycles. The minimum absolute atomic E-state index is 0.0802. The van der Waals surface area contributed by atoms with E-state index in [1.807, 2.05) is 0 Å². The number of thioether (sulfide) groups is 1. The molecule has 0 atom stereocenters. The smallest absolute Gasteiger partial charge is 0.422 e. The van der Waals surface area contributed by atoms with Crippen LogP contribution in [0.4, 0.5) is 18.0 Å². The summed E-state index contributed by atoms with van der Waals surface area (Å²) in [5.41, 5.74) is 0. The third-order valence-electron chi connectivity index (χ3n) is 3.40. The van der Waals surface area contributed by atoms with Crippen molar-refractivity contribution in [3.63, 3.8) is 0 Å². The first-order chi connectivity index (χ1) is 12.2. The summed E-state index contributed by atoms with van der Waals surface area (Å²) in [5.74, 6) is 0.340. The van der Waals surface area contributed by atoms with Crippen LogP contribution < -0.4 is 5.32 Å². The van der Waals surface area contributed by atoms with Gasteiger partial charge < -0.3 is 10.1 Å². The number of nitrogens with zero attached hydrogens (tertiary/aromatic N) is 2. The highest BCUT2D eigenvalue weighted by Gasteiger charge is 2.29. The highest BCUT2D eigenvalue weighted by atomic mass is 32.2. The zero-order valence-corrected chi connectivity index (χ0v) is 15.3. The van der Waals surface area contributed by atoms with Crippen LogP contribution >= 0.6 is 11.8 Å². The van der Waals surface area contributed by atoms with Gasteiger partial charge in [0.2, 0.25) is 10.0 Å². The first kappa shape index (κ1) is 20.8. The predicted octanol–water partition coefficient (Wildman–Crippen LogP) is 2.25. The van der Waals surface area contributed by atoms with Crippen molar-refractivity contribution in [3.05, 3.63) is 18.3 Å². The molecule has 2 rings (SSSR count). The van der Waals surface area contributed by atoms with E-state index in [4.69, 9.17) is 0 Å². The molecule has 0 unspecified atom stereocenters. The van der Waals surface area contributed by atoms with Gasteiger partial charge >= 0.3 is 12.3 Å². The van der Waals surface area contributed by atoms with Gasteiger partial charge in [-0.05, 0) is 25.0 Å². The molecule has 1 aliphatic rings. The fourth-order valence-electron chi connectivity index (χ4n) is 2.19. The Kier molecular flexibility index (Phi) is 7.12. The monoisotopic (exact) mass is 413 g/mol. The van der Waals surface area contributed by atoms with Gasteiger partial charge in [-0.2, -0.15) is 17.5 Å². The summed E-state index contributed by atoms with van der Waals surface area (Å²) in [6, 6.07) is 3.02. The number of halogens is 3. The number of nitrogens with one attached hydrogen (secondary N) is 1. The van der Waals surface area contributed by atoms with Crippen molar-refractivity contribution in [2.45, 2.75) is 28.9 Å². The first-order valence-electron chi connectivity index (χ1n) is 7.75. The number of ether oxygens (including phenoxy) is 1. The number of alkyl carbamates (subject to hydrolysis) is 1. The molecule has 2 heterocycles. The molecule has 7 nitrogen and oxygen atoms in total. The van der Waals surface area contributed by atoms with E-state index in [1.54, 1.807) is 6.07 Å². The highest BCUT2D eigenvalue weighted by Crippen LogP contribution is 2.22. The minimum Gasteiger partial charge on any atom is -0.440 e. The van der Waals surface area contributed by atoms with E-state index in [2.05, 4.69) is 15.0 Å². The molecule has 1 N–H and O–H groups in total. The molecule has 1 amide bonds. The van der Waals surface area contributed by atoms with Crippen LogP contribution in [-0.2, 0) is 14.8 Å². The number of sulfonamides is 1. The average molecular weight is 413 g/mol. The van der Waals surface area contributed by atoms with Crippen LogP contribution in [0.5, 0.6) is 0 Å². The average Bonchev–Trinajstić information content (AvgIpc) is 3.12. The van der Waals surface area contributed by atoms with Crippen molar-refractivity contribution in [1.29, 1.82) is 0 Å². The molecule has 0 aliphatic carbocycles. The molecule has 1 aliphatic heterocycles. The molecule has 26 heavy (non-hydrogen) atoms. The van der Waals surface area contributed by atoms with Gasteiger partial charge in [-0.3, -0.25) is 0 Å². The number of carbonyl (C=O) groups excluding carboxylic acids is 1. The van der Waals surface area contributed by atoms with Gasteiger partial charge in [-0.25, -0.2) is 18.2 Å². The number of hydrogen-bond acceptors (Lipinski definition) is 6. The van der Waals surface area contributed by atoms with Crippen molar-refractivity contribution in [1.82, 2.24) is 14.6 Å². The summed E-state index contributed by atoms with van der Waals surface area (Å²) in [6.45, 7) is -0.540. The van der Waals surface area contributed by atoms with Crippen molar-refractivity contribution in [2.75, 3.05) is 32.0 Å². The lowest BCUT2D eigenvalue weighted by Crippen LogP contribution is -2.30. The summed E-state index contributed by atoms with van der Waals surface area (Å²) >= 11 is 1.23. The Morgan fingerprint density at radius 1 is 1.31 bits per heavy atom. The molecular formula is C14H18F3N3O4S2. The molecule has 0 radical (unpaired) electrons. The maximum atomic E-state index is 12.4. The minimum atomic E-state index is -4.56. The van der Waals surface area contributed by atoms with Crippen LogP contribution in [0.1, 0.15) is 12.8 Å². The van der Waals surface area contributed by atoms with E-state index in [-0.39, 0.29) is 11.4 Å². The summed E-state index contributed by atoms with van der Waals surface area (Å²) in [6.07, 6.45) is -2.74. The zero-order chi connectivity index (χ0) is 19.2. The maximum Gasteiger partial charge on any atom is 0.422 e. The Balaban J connectivity index is 1.75. The Bertz CT molecular complexity index is 705. The standard InChI is InChI=1S/C14H18F3N3O4S2/c15-14(16,17)10-24-13(21)18-5-8-25-12-4-3-11(9-19-12)26(22,23)20-6-1-2-7-20/h3-4,9H,1-2,5-8,10H2,(H,18,21). The van der Waals surface area contributed by atoms with Gasteiger partial charge in [-0.1, -0.05) is 0 Å². The first-order valence-corrected chi connectivity index (χ1v) is 10.2. The van der Waals surface area contributed by atoms with E-state index in [0.717, 1.165) is 12.8 Å². The van der Waals surface area contributed by atoms with Gasteiger partial charge in [0.1, 0.15) is 4.90 Å². The molecule has 12 heteroatoms. The van der Waals surface area contributed by atoms with E-state index in [0.29, 0.717) is 23.9 Å². The largest absolute Gasteiger partial charge is 0.440 e. The van der Waals surface area contributed by atoms with Crippen LogP contribution in [0.2, 0.25) is 0 Å². The van der Waals surface area contributed by atoms with Gasteiger partial charge in [0.05, 0.1) is 5.03 Å². The highest BCUT2D eigenvalue weighted by molar-refractivity contribution is 7.99. The fourth-order valence-corrected chi connectivity index (χ4v) is 4.36. The van der Waals surface area contributed by atoms with Crippen LogP contribution in [-0.4, -0.2) is 62.0 Å². The van der Waals surface area contributed by atoms with E-state index < -0.39 is 28.9 Å². The Labute approximate surface area is 153 Å². The quantitative estimate of drug-likeness (QED) is 0.545. The Hall–Kier alpha value is -1.53. The second kappa shape index (κ2) is 8.91. The van der Waals surface area contributed by atoms with Gasteiger partial charge in [-0.15, -0.1) is 11.8 Å². The molecular weight excluding hydrogens is 395 g/mol. The molecule has 0 spiro atoms. The van der Waals surface area contributed by atoms with Gasteiger partial charge in [0, 0.05) is 31.6 Å². The van der Waals surface area contributed by atoms with Gasteiger partial charge in [0.15, 0.2) is 6.61 Å². The summed E-state index contributed by atoms with van der Waals surface area (Å²) in [7, 11) is -3.51. The van der Waals surface area contributed by atoms with Crippen molar-refractivity contribution >= 4 is 27.9 Å². The Morgan fingerprint density at radius 2 is 2.00 bits per heavy atom. The molecule has 1 saturated heterocycles. The molecule has 1 fully saturated rings. The molecule has 1 aromatic heterocycles. The van der Waals surface area contributed by atoms with Gasteiger partial charge in [0.25, 0.3) is 0 Å². The molecule has 146 valence electrons. The SMILES string of the molecule is O=C(NCCSc1ccc(S(=O)(=O)N2CCCC2)cn1)OCC(F)(F)F. The second-order valence-electron chi connectivity index (χ2n) is 5.41. The van der Waals surface area contributed by atoms with E-state index >= 15 is 0 Å². The number of hydrogen-bond donors (Lipinski definition) is 1. The summed E-state index contributed by atoms with van der Waals surface area (Å²) in [4.78, 5) is 15.2. The van der Waals surface area contributed by atoms with Crippen LogP contribution in [0, 0.1) is 0 Å². The number of carbonyl (C=O) groups is 1. The summed E-state index contributed by atoms with van der Waals surface area (Å²) in [5, 5.41) is 2.72. The molecule has 0 bridgehead atoms.